The maximum Gasteiger partial charge on any atom is 0.244 e. The van der Waals surface area contributed by atoms with Gasteiger partial charge in [-0.2, -0.15) is 0 Å². The first-order valence-corrected chi connectivity index (χ1v) is 7.59. The number of hydrogen-bond donors (Lipinski definition) is 4. The molecule has 0 aromatic carbocycles. The normalized spacial score (nSPS) is 20.4. The lowest BCUT2D eigenvalue weighted by molar-refractivity contribution is -0.135. The number of piperazine rings is 1. The van der Waals surface area contributed by atoms with Crippen LogP contribution < -0.4 is 16.1 Å². The quantitative estimate of drug-likeness (QED) is 0.283. The molecule has 0 radical (unpaired) electrons. The molecule has 1 amide bonds. The van der Waals surface area contributed by atoms with Gasteiger partial charge in [-0.1, -0.05) is 32.6 Å². The molecular weight excluding hydrogens is 258 g/mol. The summed E-state index contributed by atoms with van der Waals surface area (Å²) in [7, 11) is 0. The summed E-state index contributed by atoms with van der Waals surface area (Å²) in [6.45, 7) is 4.39. The number of amides is 1. The van der Waals surface area contributed by atoms with E-state index < -0.39 is 5.91 Å². The molecule has 0 aromatic heterocycles. The topological polar surface area (TPSA) is 90.5 Å². The number of hydrogen-bond acceptors (Lipinski definition) is 5. The van der Waals surface area contributed by atoms with E-state index in [0.717, 1.165) is 38.8 Å². The highest BCUT2D eigenvalue weighted by molar-refractivity contribution is 5.90. The molecule has 0 aliphatic carbocycles. The van der Waals surface area contributed by atoms with E-state index in [4.69, 9.17) is 5.21 Å². The summed E-state index contributed by atoms with van der Waals surface area (Å²) >= 11 is 0. The molecule has 4 N–H and O–H groups in total. The van der Waals surface area contributed by atoms with Crippen molar-refractivity contribution in [3.8, 4) is 0 Å². The Kier molecular flexibility index (Phi) is 8.41. The average molecular weight is 285 g/mol. The van der Waals surface area contributed by atoms with Gasteiger partial charge in [0.1, 0.15) is 0 Å². The van der Waals surface area contributed by atoms with Gasteiger partial charge in [-0.05, 0) is 6.42 Å². The van der Waals surface area contributed by atoms with Crippen LogP contribution in [0.25, 0.3) is 0 Å². The fraction of sp³-hybridized carbons (Fsp3) is 0.857. The molecule has 0 aromatic rings. The SMILES string of the molecule is CCCCCC[C@H](CC(=O)NO)C(=O)[C@@H]1CNCCN1. The fourth-order valence-electron chi connectivity index (χ4n) is 2.57. The molecule has 1 aliphatic heterocycles. The number of Topliss-reactive ketones (excluding diaryl/α,β-unsaturated/α-hetero) is 1. The lowest BCUT2D eigenvalue weighted by atomic mass is 9.88. The van der Waals surface area contributed by atoms with Gasteiger partial charge in [-0.3, -0.25) is 14.8 Å². The molecule has 1 aliphatic rings. The van der Waals surface area contributed by atoms with Crippen LogP contribution >= 0.6 is 0 Å². The molecular formula is C14H27N3O3. The van der Waals surface area contributed by atoms with E-state index in [0.29, 0.717) is 13.0 Å². The summed E-state index contributed by atoms with van der Waals surface area (Å²) in [5.74, 6) is -0.712. The molecule has 1 saturated heterocycles. The van der Waals surface area contributed by atoms with Crippen molar-refractivity contribution in [1.29, 1.82) is 0 Å². The number of carbonyl (C=O) groups excluding carboxylic acids is 2. The maximum absolute atomic E-state index is 12.4. The third kappa shape index (κ3) is 5.98. The minimum absolute atomic E-state index is 0.0691. The Bertz CT molecular complexity index is 304. The molecule has 6 nitrogen and oxygen atoms in total. The fourth-order valence-corrected chi connectivity index (χ4v) is 2.57. The van der Waals surface area contributed by atoms with Gasteiger partial charge in [-0.25, -0.2) is 5.48 Å². The number of hydroxylamine groups is 1. The Balaban J connectivity index is 2.50. The Hall–Kier alpha value is -0.980. The van der Waals surface area contributed by atoms with Crippen molar-refractivity contribution < 1.29 is 14.8 Å². The second-order valence-electron chi connectivity index (χ2n) is 5.40. The van der Waals surface area contributed by atoms with Gasteiger partial charge in [0.2, 0.25) is 5.91 Å². The van der Waals surface area contributed by atoms with E-state index in [-0.39, 0.29) is 24.2 Å². The van der Waals surface area contributed by atoms with Crippen LogP contribution in [0.3, 0.4) is 0 Å². The highest BCUT2D eigenvalue weighted by atomic mass is 16.5. The second kappa shape index (κ2) is 9.85. The summed E-state index contributed by atoms with van der Waals surface area (Å²) < 4.78 is 0. The lowest BCUT2D eigenvalue weighted by Crippen LogP contribution is -2.54. The van der Waals surface area contributed by atoms with Gasteiger partial charge >= 0.3 is 0 Å². The van der Waals surface area contributed by atoms with Crippen molar-refractivity contribution >= 4 is 11.7 Å². The molecule has 0 unspecified atom stereocenters. The third-order valence-electron chi connectivity index (χ3n) is 3.75. The monoisotopic (exact) mass is 285 g/mol. The van der Waals surface area contributed by atoms with Crippen molar-refractivity contribution in [3.05, 3.63) is 0 Å². The van der Waals surface area contributed by atoms with Gasteiger partial charge in [0.05, 0.1) is 6.04 Å². The Morgan fingerprint density at radius 1 is 1.30 bits per heavy atom. The largest absolute Gasteiger partial charge is 0.313 e. The standard InChI is InChI=1S/C14H27N3O3/c1-2-3-4-5-6-11(9-13(18)17-20)14(19)12-10-15-7-8-16-12/h11-12,15-16,20H,2-10H2,1H3,(H,17,18)/t11-,12+/m1/s1. The van der Waals surface area contributed by atoms with Gasteiger partial charge in [0, 0.05) is 32.0 Å². The minimum atomic E-state index is -0.484. The van der Waals surface area contributed by atoms with Crippen LogP contribution in [0.2, 0.25) is 0 Å². The summed E-state index contributed by atoms with van der Waals surface area (Å²) in [5.41, 5.74) is 1.63. The van der Waals surface area contributed by atoms with Crippen molar-refractivity contribution in [2.75, 3.05) is 19.6 Å². The first kappa shape index (κ1) is 17.1. The van der Waals surface area contributed by atoms with Crippen molar-refractivity contribution in [1.82, 2.24) is 16.1 Å². The third-order valence-corrected chi connectivity index (χ3v) is 3.75. The highest BCUT2D eigenvalue weighted by Crippen LogP contribution is 2.17. The summed E-state index contributed by atoms with van der Waals surface area (Å²) in [5, 5.41) is 15.0. The molecule has 2 atom stereocenters. The smallest absolute Gasteiger partial charge is 0.244 e. The molecule has 0 bridgehead atoms. The van der Waals surface area contributed by atoms with Gasteiger partial charge in [-0.15, -0.1) is 0 Å². The minimum Gasteiger partial charge on any atom is -0.313 e. The van der Waals surface area contributed by atoms with Crippen LogP contribution in [0, 0.1) is 5.92 Å². The van der Waals surface area contributed by atoms with Crippen molar-refractivity contribution in [3.63, 3.8) is 0 Å². The van der Waals surface area contributed by atoms with Crippen molar-refractivity contribution in [2.45, 2.75) is 51.5 Å². The molecule has 1 heterocycles. The van der Waals surface area contributed by atoms with Crippen LogP contribution in [0.1, 0.15) is 45.4 Å². The van der Waals surface area contributed by atoms with Crippen LogP contribution in [-0.2, 0) is 9.59 Å². The molecule has 6 heteroatoms. The van der Waals surface area contributed by atoms with E-state index in [1.807, 2.05) is 0 Å². The van der Waals surface area contributed by atoms with E-state index in [9.17, 15) is 9.59 Å². The first-order valence-electron chi connectivity index (χ1n) is 7.59. The van der Waals surface area contributed by atoms with Gasteiger partial charge in [0.25, 0.3) is 0 Å². The number of rotatable bonds is 9. The van der Waals surface area contributed by atoms with E-state index in [2.05, 4.69) is 17.6 Å². The summed E-state index contributed by atoms with van der Waals surface area (Å²) in [4.78, 5) is 23.8. The number of unbranched alkanes of at least 4 members (excludes halogenated alkanes) is 3. The molecule has 1 fully saturated rings. The molecule has 20 heavy (non-hydrogen) atoms. The van der Waals surface area contributed by atoms with E-state index in [1.165, 1.54) is 0 Å². The zero-order valence-corrected chi connectivity index (χ0v) is 12.3. The second-order valence-corrected chi connectivity index (χ2v) is 5.40. The molecule has 0 spiro atoms. The van der Waals surface area contributed by atoms with Crippen LogP contribution in [0.15, 0.2) is 0 Å². The first-order chi connectivity index (χ1) is 9.69. The Morgan fingerprint density at radius 3 is 2.70 bits per heavy atom. The molecule has 116 valence electrons. The number of carbonyl (C=O) groups is 2. The van der Waals surface area contributed by atoms with Gasteiger partial charge < -0.3 is 10.6 Å². The molecule has 1 rings (SSSR count). The summed E-state index contributed by atoms with van der Waals surface area (Å²) in [6, 6.07) is -0.216. The van der Waals surface area contributed by atoms with Crippen molar-refractivity contribution in [2.24, 2.45) is 5.92 Å². The molecule has 0 saturated carbocycles. The Labute approximate surface area is 120 Å². The van der Waals surface area contributed by atoms with E-state index in [1.54, 1.807) is 5.48 Å². The highest BCUT2D eigenvalue weighted by Gasteiger charge is 2.29. The summed E-state index contributed by atoms with van der Waals surface area (Å²) in [6.07, 6.45) is 5.10. The van der Waals surface area contributed by atoms with Crippen LogP contribution in [0.5, 0.6) is 0 Å². The predicted octanol–water partition coefficient (Wildman–Crippen LogP) is 0.599. The van der Waals surface area contributed by atoms with Gasteiger partial charge in [0.15, 0.2) is 5.78 Å². The number of ketones is 1. The lowest BCUT2D eigenvalue weighted by Gasteiger charge is -2.27. The van der Waals surface area contributed by atoms with Crippen LogP contribution in [0.4, 0.5) is 0 Å². The zero-order valence-electron chi connectivity index (χ0n) is 12.3. The average Bonchev–Trinajstić information content (AvgIpc) is 2.50. The van der Waals surface area contributed by atoms with Crippen LogP contribution in [-0.4, -0.2) is 42.6 Å². The zero-order chi connectivity index (χ0) is 14.8. The van der Waals surface area contributed by atoms with E-state index >= 15 is 0 Å². The Morgan fingerprint density at radius 2 is 2.10 bits per heavy atom. The maximum atomic E-state index is 12.4. The number of nitrogens with one attached hydrogen (secondary N) is 3. The predicted molar refractivity (Wildman–Crippen MR) is 76.5 cm³/mol.